The molecular formula is C10H7N5. The van der Waals surface area contributed by atoms with E-state index in [1.807, 2.05) is 18.2 Å². The van der Waals surface area contributed by atoms with Crippen LogP contribution in [0.4, 0.5) is 0 Å². The summed E-state index contributed by atoms with van der Waals surface area (Å²) >= 11 is 0. The molecule has 0 aliphatic carbocycles. The Morgan fingerprint density at radius 1 is 1.07 bits per heavy atom. The van der Waals surface area contributed by atoms with Crippen LogP contribution in [0.2, 0.25) is 0 Å². The number of H-pyrrole nitrogens is 1. The van der Waals surface area contributed by atoms with E-state index in [1.165, 1.54) is 0 Å². The van der Waals surface area contributed by atoms with Crippen molar-refractivity contribution in [3.05, 3.63) is 36.8 Å². The van der Waals surface area contributed by atoms with E-state index in [9.17, 15) is 0 Å². The lowest BCUT2D eigenvalue weighted by atomic mass is 10.3. The number of rotatable bonds is 1. The first-order valence-electron chi connectivity index (χ1n) is 4.51. The summed E-state index contributed by atoms with van der Waals surface area (Å²) in [6.45, 7) is 0. The Hall–Kier alpha value is -2.30. The summed E-state index contributed by atoms with van der Waals surface area (Å²) in [5.41, 5.74) is 2.48. The second-order valence-corrected chi connectivity index (χ2v) is 3.09. The fourth-order valence-electron chi connectivity index (χ4n) is 1.40. The van der Waals surface area contributed by atoms with Crippen molar-refractivity contribution in [2.75, 3.05) is 0 Å². The molecule has 0 unspecified atom stereocenters. The molecule has 0 radical (unpaired) electrons. The zero-order valence-electron chi connectivity index (χ0n) is 7.75. The van der Waals surface area contributed by atoms with Crippen molar-refractivity contribution in [3.63, 3.8) is 0 Å². The molecule has 0 aliphatic heterocycles. The monoisotopic (exact) mass is 197 g/mol. The number of fused-ring (bicyclic) bond motifs is 1. The van der Waals surface area contributed by atoms with Gasteiger partial charge in [-0.2, -0.15) is 10.2 Å². The van der Waals surface area contributed by atoms with Crippen molar-refractivity contribution >= 4 is 11.0 Å². The number of hydrogen-bond acceptors (Lipinski definition) is 4. The van der Waals surface area contributed by atoms with E-state index in [0.717, 1.165) is 22.6 Å². The van der Waals surface area contributed by atoms with Crippen molar-refractivity contribution < 1.29 is 0 Å². The highest BCUT2D eigenvalue weighted by Crippen LogP contribution is 2.16. The molecular weight excluding hydrogens is 190 g/mol. The number of hydrogen-bond donors (Lipinski definition) is 1. The fourth-order valence-corrected chi connectivity index (χ4v) is 1.40. The quantitative estimate of drug-likeness (QED) is 0.640. The van der Waals surface area contributed by atoms with E-state index in [-0.39, 0.29) is 0 Å². The summed E-state index contributed by atoms with van der Waals surface area (Å²) < 4.78 is 0. The van der Waals surface area contributed by atoms with E-state index in [2.05, 4.69) is 25.1 Å². The highest BCUT2D eigenvalue weighted by Gasteiger charge is 2.05. The molecule has 3 rings (SSSR count). The molecule has 15 heavy (non-hydrogen) atoms. The summed E-state index contributed by atoms with van der Waals surface area (Å²) in [6.07, 6.45) is 5.01. The molecule has 0 saturated carbocycles. The Bertz CT molecular complexity index is 554. The maximum Gasteiger partial charge on any atom is 0.157 e. The Morgan fingerprint density at radius 3 is 2.80 bits per heavy atom. The van der Waals surface area contributed by atoms with E-state index >= 15 is 0 Å². The third-order valence-electron chi connectivity index (χ3n) is 2.10. The summed E-state index contributed by atoms with van der Waals surface area (Å²) in [7, 11) is 0. The van der Waals surface area contributed by atoms with E-state index in [4.69, 9.17) is 0 Å². The first-order valence-corrected chi connectivity index (χ1v) is 4.51. The van der Waals surface area contributed by atoms with Gasteiger partial charge in [-0.15, -0.1) is 0 Å². The Balaban J connectivity index is 2.21. The van der Waals surface area contributed by atoms with E-state index in [1.54, 1.807) is 18.6 Å². The van der Waals surface area contributed by atoms with Gasteiger partial charge < -0.3 is 4.98 Å². The highest BCUT2D eigenvalue weighted by molar-refractivity contribution is 5.76. The van der Waals surface area contributed by atoms with Gasteiger partial charge in [-0.1, -0.05) is 6.07 Å². The van der Waals surface area contributed by atoms with Gasteiger partial charge in [0, 0.05) is 6.20 Å². The number of nitrogens with one attached hydrogen (secondary N) is 1. The van der Waals surface area contributed by atoms with Crippen molar-refractivity contribution in [2.24, 2.45) is 0 Å². The first kappa shape index (κ1) is 8.05. The minimum Gasteiger partial charge on any atom is -0.335 e. The molecule has 0 fully saturated rings. The van der Waals surface area contributed by atoms with Gasteiger partial charge in [-0.3, -0.25) is 4.98 Å². The third-order valence-corrected chi connectivity index (χ3v) is 2.10. The maximum absolute atomic E-state index is 4.36. The molecule has 0 bridgehead atoms. The van der Waals surface area contributed by atoms with Gasteiger partial charge in [0.15, 0.2) is 5.82 Å². The molecule has 0 amide bonds. The van der Waals surface area contributed by atoms with Crippen LogP contribution < -0.4 is 0 Å². The molecule has 1 N–H and O–H groups in total. The summed E-state index contributed by atoms with van der Waals surface area (Å²) in [4.78, 5) is 11.7. The van der Waals surface area contributed by atoms with Gasteiger partial charge in [0.25, 0.3) is 0 Å². The number of aromatic amines is 1. The molecule has 3 heterocycles. The smallest absolute Gasteiger partial charge is 0.157 e. The van der Waals surface area contributed by atoms with E-state index < -0.39 is 0 Å². The standard InChI is InChI=1S/C10H7N5/c1-2-4-11-7(3-1)10-14-8-5-12-13-6-9(8)15-10/h1-6H,(H,14,15). The van der Waals surface area contributed by atoms with Crippen molar-refractivity contribution in [1.82, 2.24) is 25.1 Å². The SMILES string of the molecule is c1ccc(-c2nc3cnncc3[nH]2)nc1. The number of pyridine rings is 1. The van der Waals surface area contributed by atoms with Crippen LogP contribution in [0.3, 0.4) is 0 Å². The predicted molar refractivity (Wildman–Crippen MR) is 54.9 cm³/mol. The van der Waals surface area contributed by atoms with Gasteiger partial charge in [0.05, 0.1) is 17.9 Å². The number of imidazole rings is 1. The Labute approximate surface area is 85.2 Å². The van der Waals surface area contributed by atoms with Crippen molar-refractivity contribution in [3.8, 4) is 11.5 Å². The van der Waals surface area contributed by atoms with Crippen LogP contribution in [0, 0.1) is 0 Å². The van der Waals surface area contributed by atoms with Gasteiger partial charge in [0.2, 0.25) is 0 Å². The molecule has 0 aliphatic rings. The number of nitrogens with zero attached hydrogens (tertiary/aromatic N) is 4. The molecule has 0 atom stereocenters. The van der Waals surface area contributed by atoms with Crippen molar-refractivity contribution in [2.45, 2.75) is 0 Å². The molecule has 5 heteroatoms. The van der Waals surface area contributed by atoms with Crippen molar-refractivity contribution in [1.29, 1.82) is 0 Å². The third kappa shape index (κ3) is 1.34. The average molecular weight is 197 g/mol. The summed E-state index contributed by atoms with van der Waals surface area (Å²) in [5.74, 6) is 0.736. The van der Waals surface area contributed by atoms with Crippen LogP contribution in [-0.4, -0.2) is 25.1 Å². The minimum atomic E-state index is 0.736. The zero-order chi connectivity index (χ0) is 10.1. The van der Waals surface area contributed by atoms with Gasteiger partial charge in [0.1, 0.15) is 11.2 Å². The molecule has 0 aromatic carbocycles. The van der Waals surface area contributed by atoms with Crippen LogP contribution in [0.1, 0.15) is 0 Å². The van der Waals surface area contributed by atoms with Gasteiger partial charge >= 0.3 is 0 Å². The fraction of sp³-hybridized carbons (Fsp3) is 0. The Morgan fingerprint density at radius 2 is 2.00 bits per heavy atom. The summed E-state index contributed by atoms with van der Waals surface area (Å²) in [5, 5.41) is 7.55. The predicted octanol–water partition coefficient (Wildman–Crippen LogP) is 1.41. The van der Waals surface area contributed by atoms with E-state index in [0.29, 0.717) is 0 Å². The average Bonchev–Trinajstić information content (AvgIpc) is 2.74. The van der Waals surface area contributed by atoms with Crippen LogP contribution in [-0.2, 0) is 0 Å². The van der Waals surface area contributed by atoms with Crippen LogP contribution >= 0.6 is 0 Å². The zero-order valence-corrected chi connectivity index (χ0v) is 7.75. The largest absolute Gasteiger partial charge is 0.335 e. The van der Waals surface area contributed by atoms with Crippen LogP contribution in [0.15, 0.2) is 36.8 Å². The van der Waals surface area contributed by atoms with Crippen LogP contribution in [0.5, 0.6) is 0 Å². The lowest BCUT2D eigenvalue weighted by Gasteiger charge is -1.92. The highest BCUT2D eigenvalue weighted by atomic mass is 15.1. The second kappa shape index (κ2) is 3.13. The minimum absolute atomic E-state index is 0.736. The topological polar surface area (TPSA) is 67.3 Å². The first-order chi connectivity index (χ1) is 7.43. The normalized spacial score (nSPS) is 10.7. The second-order valence-electron chi connectivity index (χ2n) is 3.09. The maximum atomic E-state index is 4.36. The summed E-state index contributed by atoms with van der Waals surface area (Å²) in [6, 6.07) is 5.69. The Kier molecular flexibility index (Phi) is 1.68. The molecule has 0 spiro atoms. The van der Waals surface area contributed by atoms with Gasteiger partial charge in [-0.25, -0.2) is 4.98 Å². The molecule has 3 aromatic heterocycles. The van der Waals surface area contributed by atoms with Gasteiger partial charge in [-0.05, 0) is 12.1 Å². The molecule has 0 saturated heterocycles. The van der Waals surface area contributed by atoms with Crippen LogP contribution in [0.25, 0.3) is 22.6 Å². The molecule has 3 aromatic rings. The molecule has 72 valence electrons. The lowest BCUT2D eigenvalue weighted by molar-refractivity contribution is 1.05. The molecule has 5 nitrogen and oxygen atoms in total. The lowest BCUT2D eigenvalue weighted by Crippen LogP contribution is -1.82. The number of aromatic nitrogens is 5.